The fourth-order valence-electron chi connectivity index (χ4n) is 2.60. The number of amides is 1. The molecule has 0 aromatic carbocycles. The molecular weight excluding hydrogens is 244 g/mol. The third kappa shape index (κ3) is 1.97. The number of carbonyl (C=O) groups excluding carboxylic acids is 1. The molecule has 1 saturated heterocycles. The number of hydrogen-bond donors (Lipinski definition) is 1. The Kier molecular flexibility index (Phi) is 2.94. The summed E-state index contributed by atoms with van der Waals surface area (Å²) in [6.45, 7) is 5.28. The fraction of sp³-hybridized carbons (Fsp3) is 0.643. The highest BCUT2D eigenvalue weighted by Gasteiger charge is 2.59. The van der Waals surface area contributed by atoms with E-state index in [-0.39, 0.29) is 11.7 Å². The van der Waals surface area contributed by atoms with Gasteiger partial charge < -0.3 is 4.90 Å². The summed E-state index contributed by atoms with van der Waals surface area (Å²) in [5.74, 6) is 0.955. The minimum absolute atomic E-state index is 0.102. The highest BCUT2D eigenvalue weighted by Crippen LogP contribution is 2.46. The normalized spacial score (nSPS) is 25.4. The van der Waals surface area contributed by atoms with Crippen molar-refractivity contribution in [2.75, 3.05) is 6.54 Å². The van der Waals surface area contributed by atoms with Gasteiger partial charge in [-0.1, -0.05) is 13.8 Å². The first-order valence-electron chi connectivity index (χ1n) is 6.73. The van der Waals surface area contributed by atoms with Gasteiger partial charge in [-0.3, -0.25) is 10.1 Å². The van der Waals surface area contributed by atoms with Crippen LogP contribution < -0.4 is 5.32 Å². The van der Waals surface area contributed by atoms with Gasteiger partial charge in [0.25, 0.3) is 0 Å². The van der Waals surface area contributed by atoms with E-state index < -0.39 is 0 Å². The molecule has 2 aliphatic rings. The predicted molar refractivity (Wildman–Crippen MR) is 73.3 cm³/mol. The van der Waals surface area contributed by atoms with Gasteiger partial charge in [0.05, 0.1) is 0 Å². The number of hydrogen-bond acceptors (Lipinski definition) is 3. The Bertz CT molecular complexity index is 437. The third-order valence-electron chi connectivity index (χ3n) is 3.95. The largest absolute Gasteiger partial charge is 0.321 e. The maximum absolute atomic E-state index is 12.5. The smallest absolute Gasteiger partial charge is 0.244 e. The van der Waals surface area contributed by atoms with E-state index in [0.29, 0.717) is 11.8 Å². The topological polar surface area (TPSA) is 32.3 Å². The molecule has 0 radical (unpaired) electrons. The first-order chi connectivity index (χ1) is 8.62. The van der Waals surface area contributed by atoms with Gasteiger partial charge in [0.1, 0.15) is 11.7 Å². The molecule has 98 valence electrons. The number of thiophene rings is 1. The van der Waals surface area contributed by atoms with Crippen molar-refractivity contribution >= 4 is 17.2 Å². The van der Waals surface area contributed by atoms with E-state index >= 15 is 0 Å². The van der Waals surface area contributed by atoms with Gasteiger partial charge in [0.15, 0.2) is 0 Å². The second-order valence-electron chi connectivity index (χ2n) is 5.87. The van der Waals surface area contributed by atoms with Crippen LogP contribution >= 0.6 is 11.3 Å². The number of nitrogens with zero attached hydrogens (tertiary/aromatic N) is 1. The average Bonchev–Trinajstić information content (AvgIpc) is 2.82. The molecule has 18 heavy (non-hydrogen) atoms. The first kappa shape index (κ1) is 12.2. The summed E-state index contributed by atoms with van der Waals surface area (Å²) in [6.07, 6.45) is 3.18. The zero-order valence-corrected chi connectivity index (χ0v) is 11.8. The molecule has 3 rings (SSSR count). The van der Waals surface area contributed by atoms with Gasteiger partial charge in [-0.05, 0) is 47.6 Å². The van der Waals surface area contributed by atoms with Crippen molar-refractivity contribution in [3.63, 3.8) is 0 Å². The Hall–Kier alpha value is -0.870. The zero-order valence-electron chi connectivity index (χ0n) is 11.0. The molecule has 1 aliphatic carbocycles. The summed E-state index contributed by atoms with van der Waals surface area (Å²) in [5.41, 5.74) is 1.03. The molecule has 4 heteroatoms. The van der Waals surface area contributed by atoms with Crippen molar-refractivity contribution in [2.24, 2.45) is 5.92 Å². The second-order valence-corrected chi connectivity index (χ2v) is 6.65. The van der Waals surface area contributed by atoms with Gasteiger partial charge in [-0.15, -0.1) is 0 Å². The Morgan fingerprint density at radius 2 is 2.33 bits per heavy atom. The molecule has 1 N–H and O–H groups in total. The molecule has 1 atom stereocenters. The lowest BCUT2D eigenvalue weighted by Gasteiger charge is -2.24. The van der Waals surface area contributed by atoms with Crippen LogP contribution in [-0.2, 0) is 4.79 Å². The molecule has 1 spiro atoms. The standard InChI is InChI=1S/C14H20N2OS/c1-10(2)3-7-16-12(11-4-8-18-9-11)15-14(5-6-14)13(16)17/h4,8-10,12,15H,3,5-7H2,1-2H3. The summed E-state index contributed by atoms with van der Waals surface area (Å²) in [7, 11) is 0. The van der Waals surface area contributed by atoms with E-state index in [1.165, 1.54) is 5.56 Å². The van der Waals surface area contributed by atoms with E-state index in [4.69, 9.17) is 0 Å². The number of rotatable bonds is 4. The number of carbonyl (C=O) groups is 1. The van der Waals surface area contributed by atoms with E-state index in [2.05, 4.69) is 40.9 Å². The van der Waals surface area contributed by atoms with Gasteiger partial charge in [0.2, 0.25) is 5.91 Å². The van der Waals surface area contributed by atoms with Crippen LogP contribution in [-0.4, -0.2) is 22.9 Å². The molecular formula is C14H20N2OS. The van der Waals surface area contributed by atoms with E-state index in [0.717, 1.165) is 25.8 Å². The average molecular weight is 264 g/mol. The summed E-state index contributed by atoms with van der Waals surface area (Å²) < 4.78 is 0. The van der Waals surface area contributed by atoms with Crippen molar-refractivity contribution in [1.29, 1.82) is 0 Å². The quantitative estimate of drug-likeness (QED) is 0.907. The van der Waals surface area contributed by atoms with Crippen LogP contribution in [0.25, 0.3) is 0 Å². The lowest BCUT2D eigenvalue weighted by Crippen LogP contribution is -2.33. The van der Waals surface area contributed by atoms with Crippen molar-refractivity contribution in [1.82, 2.24) is 10.2 Å². The SMILES string of the molecule is CC(C)CCN1C(=O)C2(CC2)NC1c1ccsc1. The molecule has 3 nitrogen and oxygen atoms in total. The van der Waals surface area contributed by atoms with Crippen LogP contribution in [0.1, 0.15) is 44.8 Å². The summed E-state index contributed by atoms with van der Waals surface area (Å²) in [5, 5.41) is 7.78. The molecule has 2 heterocycles. The third-order valence-corrected chi connectivity index (χ3v) is 4.65. The molecule has 1 saturated carbocycles. The maximum Gasteiger partial charge on any atom is 0.244 e. The van der Waals surface area contributed by atoms with E-state index in [1.54, 1.807) is 11.3 Å². The highest BCUT2D eigenvalue weighted by molar-refractivity contribution is 7.07. The Balaban J connectivity index is 1.80. The van der Waals surface area contributed by atoms with Gasteiger partial charge in [-0.25, -0.2) is 0 Å². The van der Waals surface area contributed by atoms with Gasteiger partial charge >= 0.3 is 0 Å². The predicted octanol–water partition coefficient (Wildman–Crippen LogP) is 2.76. The molecule has 2 fully saturated rings. The van der Waals surface area contributed by atoms with E-state index in [1.807, 2.05) is 0 Å². The summed E-state index contributed by atoms with van der Waals surface area (Å²) in [4.78, 5) is 14.5. The van der Waals surface area contributed by atoms with Crippen LogP contribution in [0.3, 0.4) is 0 Å². The van der Waals surface area contributed by atoms with E-state index in [9.17, 15) is 4.79 Å². The van der Waals surface area contributed by atoms with Crippen molar-refractivity contribution in [3.8, 4) is 0 Å². The minimum Gasteiger partial charge on any atom is -0.321 e. The monoisotopic (exact) mass is 264 g/mol. The van der Waals surface area contributed by atoms with Crippen LogP contribution in [0.5, 0.6) is 0 Å². The molecule has 1 aromatic rings. The van der Waals surface area contributed by atoms with Gasteiger partial charge in [-0.2, -0.15) is 11.3 Å². The molecule has 0 bridgehead atoms. The Morgan fingerprint density at radius 1 is 1.56 bits per heavy atom. The van der Waals surface area contributed by atoms with Crippen LogP contribution in [0.4, 0.5) is 0 Å². The summed E-state index contributed by atoms with van der Waals surface area (Å²) >= 11 is 1.70. The van der Waals surface area contributed by atoms with Gasteiger partial charge in [0, 0.05) is 6.54 Å². The maximum atomic E-state index is 12.5. The molecule has 1 amide bonds. The highest BCUT2D eigenvalue weighted by atomic mass is 32.1. The summed E-state index contributed by atoms with van der Waals surface area (Å²) in [6, 6.07) is 2.12. The van der Waals surface area contributed by atoms with Crippen LogP contribution in [0.15, 0.2) is 16.8 Å². The molecule has 1 aromatic heterocycles. The van der Waals surface area contributed by atoms with Crippen molar-refractivity contribution < 1.29 is 4.79 Å². The Morgan fingerprint density at radius 3 is 2.89 bits per heavy atom. The lowest BCUT2D eigenvalue weighted by molar-refractivity contribution is -0.131. The van der Waals surface area contributed by atoms with Crippen LogP contribution in [0, 0.1) is 5.92 Å². The van der Waals surface area contributed by atoms with Crippen molar-refractivity contribution in [2.45, 2.75) is 44.8 Å². The fourth-order valence-corrected chi connectivity index (χ4v) is 3.28. The first-order valence-corrected chi connectivity index (χ1v) is 7.67. The van der Waals surface area contributed by atoms with Crippen molar-refractivity contribution in [3.05, 3.63) is 22.4 Å². The number of nitrogens with one attached hydrogen (secondary N) is 1. The minimum atomic E-state index is -0.205. The molecule has 1 unspecified atom stereocenters. The second kappa shape index (κ2) is 4.35. The Labute approximate surface area is 112 Å². The van der Waals surface area contributed by atoms with Crippen LogP contribution in [0.2, 0.25) is 0 Å². The lowest BCUT2D eigenvalue weighted by atomic mass is 10.1. The molecule has 1 aliphatic heterocycles. The zero-order chi connectivity index (χ0) is 12.8.